The van der Waals surface area contributed by atoms with Crippen molar-refractivity contribution in [2.45, 2.75) is 20.8 Å². The van der Waals surface area contributed by atoms with Crippen LogP contribution in [0.1, 0.15) is 16.7 Å². The molecule has 10 N–H and O–H groups in total. The smallest absolute Gasteiger partial charge is 0.214 e. The van der Waals surface area contributed by atoms with Crippen LogP contribution in [-0.4, -0.2) is 19.9 Å². The molecule has 4 aromatic rings. The second kappa shape index (κ2) is 15.2. The maximum absolute atomic E-state index is 12.2. The van der Waals surface area contributed by atoms with Crippen LogP contribution in [0.2, 0.25) is 5.15 Å². The number of nitrogen functional groups attached to an aromatic ring is 5. The first kappa shape index (κ1) is 31.1. The predicted molar refractivity (Wildman–Crippen MR) is 159 cm³/mol. The van der Waals surface area contributed by atoms with Gasteiger partial charge in [-0.25, -0.2) is 19.9 Å². The minimum atomic E-state index is -0.530. The van der Waals surface area contributed by atoms with E-state index in [1.807, 2.05) is 38.1 Å². The van der Waals surface area contributed by atoms with Gasteiger partial charge in [-0.3, -0.25) is 0 Å². The second-order valence-corrected chi connectivity index (χ2v) is 9.42. The number of nitrogens with two attached hydrogens (primary N) is 5. The van der Waals surface area contributed by atoms with Gasteiger partial charge in [-0.05, 0) is 106 Å². The lowest BCUT2D eigenvalue weighted by atomic mass is 10.3. The molecule has 0 atom stereocenters. The summed E-state index contributed by atoms with van der Waals surface area (Å²) in [6.45, 7) is 5.59. The van der Waals surface area contributed by atoms with Crippen LogP contribution in [0.15, 0.2) is 53.1 Å². The van der Waals surface area contributed by atoms with Crippen LogP contribution < -0.4 is 28.7 Å². The van der Waals surface area contributed by atoms with Crippen LogP contribution in [0.5, 0.6) is 0 Å². The highest BCUT2D eigenvalue weighted by molar-refractivity contribution is 14.1. The number of hydrogen-bond donors (Lipinski definition) is 5. The van der Waals surface area contributed by atoms with E-state index >= 15 is 0 Å². The number of anilines is 5. The molecule has 9 nitrogen and oxygen atoms in total. The Kier molecular flexibility index (Phi) is 13.1. The van der Waals surface area contributed by atoms with Crippen molar-refractivity contribution in [3.8, 4) is 0 Å². The van der Waals surface area contributed by atoms with Crippen molar-refractivity contribution in [1.29, 1.82) is 0 Å². The molecular weight excluding hydrogens is 664 g/mol. The van der Waals surface area contributed by atoms with E-state index in [4.69, 9.17) is 40.3 Å². The molecule has 0 aliphatic carbocycles. The molecule has 0 aliphatic heterocycles. The lowest BCUT2D eigenvalue weighted by molar-refractivity contribution is 0.585. The van der Waals surface area contributed by atoms with Gasteiger partial charge in [0.15, 0.2) is 0 Å². The van der Waals surface area contributed by atoms with Gasteiger partial charge in [0.1, 0.15) is 36.7 Å². The molecule has 4 aromatic heterocycles. The van der Waals surface area contributed by atoms with Crippen molar-refractivity contribution < 1.29 is 4.39 Å². The van der Waals surface area contributed by atoms with Crippen molar-refractivity contribution in [1.82, 2.24) is 19.9 Å². The van der Waals surface area contributed by atoms with Gasteiger partial charge >= 0.3 is 0 Å². The van der Waals surface area contributed by atoms with Crippen LogP contribution >= 0.6 is 50.1 Å². The summed E-state index contributed by atoms with van der Waals surface area (Å²) < 4.78 is 13.8. The quantitative estimate of drug-likeness (QED) is 0.120. The lowest BCUT2D eigenvalue weighted by Gasteiger charge is -1.96. The first-order chi connectivity index (χ1) is 16.8. The first-order valence-corrected chi connectivity index (χ1v) is 12.4. The van der Waals surface area contributed by atoms with Crippen LogP contribution in [-0.2, 0) is 0 Å². The van der Waals surface area contributed by atoms with Crippen LogP contribution in [0.4, 0.5) is 33.3 Å². The number of aromatic nitrogens is 4. The Hall–Kier alpha value is -2.97. The Morgan fingerprint density at radius 2 is 1.17 bits per heavy atom. The molecule has 192 valence electrons. The number of nitrogens with zero attached hydrogens (tertiary/aromatic N) is 4. The van der Waals surface area contributed by atoms with E-state index in [1.165, 1.54) is 6.07 Å². The minimum absolute atomic E-state index is 0.259. The summed E-state index contributed by atoms with van der Waals surface area (Å²) in [5.41, 5.74) is 30.3. The monoisotopic (exact) mass is 689 g/mol. The maximum Gasteiger partial charge on any atom is 0.214 e. The second-order valence-electron chi connectivity index (χ2n) is 7.12. The summed E-state index contributed by atoms with van der Waals surface area (Å²) in [4.78, 5) is 15.1. The van der Waals surface area contributed by atoms with E-state index in [0.717, 1.165) is 25.0 Å². The van der Waals surface area contributed by atoms with Gasteiger partial charge in [0.2, 0.25) is 5.95 Å². The lowest BCUT2D eigenvalue weighted by Crippen LogP contribution is -1.97. The summed E-state index contributed by atoms with van der Waals surface area (Å²) in [7, 11) is 0. The molecule has 0 spiro atoms. The zero-order valence-electron chi connectivity index (χ0n) is 19.8. The Bertz CT molecular complexity index is 1100. The number of pyridine rings is 4. The molecular formula is C23H27BrClFIN9. The molecule has 0 saturated carbocycles. The minimum Gasteiger partial charge on any atom is -0.396 e. The van der Waals surface area contributed by atoms with E-state index < -0.39 is 5.95 Å². The normalized spacial score (nSPS) is 9.53. The molecule has 0 amide bonds. The van der Waals surface area contributed by atoms with E-state index in [1.54, 1.807) is 25.1 Å². The molecule has 4 rings (SSSR count). The van der Waals surface area contributed by atoms with Crippen LogP contribution in [0.3, 0.4) is 0 Å². The summed E-state index contributed by atoms with van der Waals surface area (Å²) in [5.74, 6) is 1.22. The van der Waals surface area contributed by atoms with Gasteiger partial charge in [-0.15, -0.1) is 0 Å². The molecule has 0 saturated heterocycles. The summed E-state index contributed by atoms with van der Waals surface area (Å²) in [5, 5.41) is 0.443. The molecule has 13 heteroatoms. The standard InChI is InChI=1S/C6H7BrN2.C6H7ClN2.C6H7FN2.C5H6IN3/c3*1-4-2-3-5(7)9-6(4)8;6-4-2-1-3(7)5(8)9-4/h3*2-3H,1H3,(H2,8,9);1-2H,7H2,(H2,8,9). The molecule has 0 bridgehead atoms. The van der Waals surface area contributed by atoms with Crippen molar-refractivity contribution in [2.75, 3.05) is 28.7 Å². The highest BCUT2D eigenvalue weighted by atomic mass is 127. The summed E-state index contributed by atoms with van der Waals surface area (Å²) in [6.07, 6.45) is 0. The van der Waals surface area contributed by atoms with Crippen molar-refractivity contribution in [2.24, 2.45) is 0 Å². The van der Waals surface area contributed by atoms with Gasteiger partial charge in [0, 0.05) is 0 Å². The maximum atomic E-state index is 12.2. The Morgan fingerprint density at radius 1 is 0.667 bits per heavy atom. The first-order valence-electron chi connectivity index (χ1n) is 10.1. The number of halogens is 4. The predicted octanol–water partition coefficient (Wildman–Crippen LogP) is 5.32. The van der Waals surface area contributed by atoms with E-state index in [0.29, 0.717) is 28.3 Å². The molecule has 0 unspecified atom stereocenters. The third-order valence-electron chi connectivity index (χ3n) is 4.23. The van der Waals surface area contributed by atoms with Gasteiger partial charge in [-0.2, -0.15) is 4.39 Å². The molecule has 36 heavy (non-hydrogen) atoms. The number of hydrogen-bond acceptors (Lipinski definition) is 9. The molecule has 0 aromatic carbocycles. The van der Waals surface area contributed by atoms with Gasteiger partial charge in [0.25, 0.3) is 0 Å². The fourth-order valence-corrected chi connectivity index (χ4v) is 2.94. The summed E-state index contributed by atoms with van der Waals surface area (Å²) in [6, 6.07) is 13.8. The van der Waals surface area contributed by atoms with Crippen molar-refractivity contribution in [3.05, 3.63) is 84.6 Å². The van der Waals surface area contributed by atoms with Crippen molar-refractivity contribution in [3.63, 3.8) is 0 Å². The number of rotatable bonds is 0. The largest absolute Gasteiger partial charge is 0.396 e. The van der Waals surface area contributed by atoms with Crippen LogP contribution in [0.25, 0.3) is 0 Å². The number of aryl methyl sites for hydroxylation is 3. The third kappa shape index (κ3) is 11.6. The SMILES string of the molecule is Cc1ccc(Br)nc1N.Cc1ccc(Cl)nc1N.Cc1ccc(F)nc1N.Nc1ccc(I)nc1N. The molecule has 0 aliphatic rings. The van der Waals surface area contributed by atoms with Gasteiger partial charge in [0.05, 0.1) is 5.69 Å². The Labute approximate surface area is 236 Å². The fraction of sp³-hybridized carbons (Fsp3) is 0.130. The zero-order chi connectivity index (χ0) is 27.4. The molecule has 0 radical (unpaired) electrons. The third-order valence-corrected chi connectivity index (χ3v) is 5.48. The van der Waals surface area contributed by atoms with Crippen molar-refractivity contribution >= 4 is 79.1 Å². The van der Waals surface area contributed by atoms with E-state index in [-0.39, 0.29) is 5.82 Å². The Balaban J connectivity index is 0.000000240. The zero-order valence-corrected chi connectivity index (χ0v) is 24.3. The topological polar surface area (TPSA) is 182 Å². The molecule has 4 heterocycles. The average molecular weight is 691 g/mol. The van der Waals surface area contributed by atoms with Gasteiger partial charge in [-0.1, -0.05) is 29.8 Å². The molecule has 0 fully saturated rings. The Morgan fingerprint density at radius 3 is 1.56 bits per heavy atom. The van der Waals surface area contributed by atoms with Crippen LogP contribution in [0, 0.1) is 30.4 Å². The highest BCUT2D eigenvalue weighted by Crippen LogP contribution is 2.13. The van der Waals surface area contributed by atoms with E-state index in [2.05, 4.69) is 58.5 Å². The summed E-state index contributed by atoms with van der Waals surface area (Å²) >= 11 is 10.8. The van der Waals surface area contributed by atoms with E-state index in [9.17, 15) is 4.39 Å². The fourth-order valence-electron chi connectivity index (χ4n) is 2.02. The van der Waals surface area contributed by atoms with Gasteiger partial charge < -0.3 is 28.7 Å². The average Bonchev–Trinajstić information content (AvgIpc) is 2.81. The highest BCUT2D eigenvalue weighted by Gasteiger charge is 1.95.